The van der Waals surface area contributed by atoms with Crippen molar-refractivity contribution in [3.05, 3.63) is 57.6 Å². The summed E-state index contributed by atoms with van der Waals surface area (Å²) in [7, 11) is 1.56. The number of phenols is 1. The fraction of sp³-hybridized carbons (Fsp3) is 0.316. The minimum Gasteiger partial charge on any atom is -0.504 e. The summed E-state index contributed by atoms with van der Waals surface area (Å²) in [6, 6.07) is 9.71. The van der Waals surface area contributed by atoms with Crippen molar-refractivity contribution in [2.75, 3.05) is 20.3 Å². The molecule has 0 radical (unpaired) electrons. The fourth-order valence-electron chi connectivity index (χ4n) is 2.65. The van der Waals surface area contributed by atoms with E-state index < -0.39 is 17.3 Å². The lowest BCUT2D eigenvalue weighted by Gasteiger charge is -2.10. The smallest absolute Gasteiger partial charge is 0.338 e. The molecule has 3 rings (SSSR count). The normalized spacial score (nSPS) is 14.3. The van der Waals surface area contributed by atoms with Gasteiger partial charge in [-0.25, -0.2) is 4.79 Å². The fourth-order valence-corrected chi connectivity index (χ4v) is 2.65. The average molecular weight is 405 g/mol. The number of phenolic OH excluding ortho intramolecular Hbond substituents is 1. The zero-order valence-electron chi connectivity index (χ0n) is 15.5. The van der Waals surface area contributed by atoms with E-state index in [0.29, 0.717) is 24.2 Å². The molecule has 1 heterocycles. The van der Waals surface area contributed by atoms with Crippen molar-refractivity contribution < 1.29 is 38.8 Å². The average Bonchev–Trinajstić information content (AvgIpc) is 3.15. The number of fused-ring (bicyclic) bond motifs is 1. The Kier molecular flexibility index (Phi) is 6.22. The highest BCUT2D eigenvalue weighted by molar-refractivity contribution is 5.91. The molecular weight excluding hydrogens is 386 g/mol. The van der Waals surface area contributed by atoms with Crippen molar-refractivity contribution in [2.45, 2.75) is 19.1 Å². The molecular formula is C19H19NO9. The van der Waals surface area contributed by atoms with E-state index in [0.717, 1.165) is 0 Å². The number of carbonyl (C=O) groups excluding carboxylic acids is 1. The molecule has 0 spiro atoms. The lowest BCUT2D eigenvalue weighted by atomic mass is 10.2. The lowest BCUT2D eigenvalue weighted by Crippen LogP contribution is -2.08. The van der Waals surface area contributed by atoms with Gasteiger partial charge in [-0.15, -0.1) is 10.1 Å². The maximum absolute atomic E-state index is 12.2. The third-order valence-corrected chi connectivity index (χ3v) is 4.09. The minimum atomic E-state index is -0.874. The SMILES string of the molecule is COc1ccc(C2Oc3cc(C(=O)OCCCCO[N+](=O)[O-])cc(O)c3O2)cc1. The molecule has 10 heteroatoms. The summed E-state index contributed by atoms with van der Waals surface area (Å²) in [5.41, 5.74) is 0.809. The molecule has 1 unspecified atom stereocenters. The molecule has 2 aromatic rings. The van der Waals surface area contributed by atoms with Crippen LogP contribution < -0.4 is 14.2 Å². The van der Waals surface area contributed by atoms with Crippen molar-refractivity contribution in [1.29, 1.82) is 0 Å². The monoisotopic (exact) mass is 405 g/mol. The Morgan fingerprint density at radius 3 is 2.59 bits per heavy atom. The van der Waals surface area contributed by atoms with Gasteiger partial charge >= 0.3 is 5.97 Å². The molecule has 1 aliphatic rings. The Hall–Kier alpha value is -3.69. The zero-order valence-corrected chi connectivity index (χ0v) is 15.5. The van der Waals surface area contributed by atoms with E-state index in [4.69, 9.17) is 18.9 Å². The van der Waals surface area contributed by atoms with E-state index >= 15 is 0 Å². The molecule has 154 valence electrons. The van der Waals surface area contributed by atoms with Crippen LogP contribution in [0, 0.1) is 10.1 Å². The zero-order chi connectivity index (χ0) is 20.8. The van der Waals surface area contributed by atoms with E-state index in [9.17, 15) is 20.0 Å². The highest BCUT2D eigenvalue weighted by atomic mass is 16.9. The number of esters is 1. The van der Waals surface area contributed by atoms with Crippen LogP contribution in [0.5, 0.6) is 23.0 Å². The summed E-state index contributed by atoms with van der Waals surface area (Å²) in [6.07, 6.45) is -0.00508. The number of benzene rings is 2. The summed E-state index contributed by atoms with van der Waals surface area (Å²) in [5, 5.41) is 19.4. The van der Waals surface area contributed by atoms with Crippen LogP contribution in [0.1, 0.15) is 35.1 Å². The summed E-state index contributed by atoms with van der Waals surface area (Å²) >= 11 is 0. The van der Waals surface area contributed by atoms with Gasteiger partial charge in [-0.05, 0) is 49.2 Å². The van der Waals surface area contributed by atoms with Gasteiger partial charge in [0.25, 0.3) is 11.4 Å². The molecule has 1 atom stereocenters. The Morgan fingerprint density at radius 1 is 1.17 bits per heavy atom. The maximum atomic E-state index is 12.2. The number of aromatic hydroxyl groups is 1. The third kappa shape index (κ3) is 4.98. The summed E-state index contributed by atoms with van der Waals surface area (Å²) < 4.78 is 21.6. The third-order valence-electron chi connectivity index (χ3n) is 4.09. The first-order chi connectivity index (χ1) is 14.0. The molecule has 0 fully saturated rings. The van der Waals surface area contributed by atoms with Crippen molar-refractivity contribution in [3.63, 3.8) is 0 Å². The van der Waals surface area contributed by atoms with Crippen LogP contribution in [0.25, 0.3) is 0 Å². The number of rotatable bonds is 9. The predicted molar refractivity (Wildman–Crippen MR) is 97.6 cm³/mol. The minimum absolute atomic E-state index is 0.0591. The van der Waals surface area contributed by atoms with Crippen LogP contribution in [0.2, 0.25) is 0 Å². The van der Waals surface area contributed by atoms with Crippen LogP contribution in [-0.2, 0) is 9.57 Å². The summed E-state index contributed by atoms with van der Waals surface area (Å²) in [4.78, 5) is 26.4. The van der Waals surface area contributed by atoms with Crippen LogP contribution in [0.15, 0.2) is 36.4 Å². The molecule has 0 bridgehead atoms. The van der Waals surface area contributed by atoms with Gasteiger partial charge in [-0.1, -0.05) is 0 Å². The highest BCUT2D eigenvalue weighted by Gasteiger charge is 2.30. The number of hydrogen-bond donors (Lipinski definition) is 1. The first-order valence-electron chi connectivity index (χ1n) is 8.76. The highest BCUT2D eigenvalue weighted by Crippen LogP contribution is 2.47. The Morgan fingerprint density at radius 2 is 1.90 bits per heavy atom. The van der Waals surface area contributed by atoms with E-state index in [-0.39, 0.29) is 36.0 Å². The second-order valence-corrected chi connectivity index (χ2v) is 6.06. The van der Waals surface area contributed by atoms with Crippen LogP contribution >= 0.6 is 0 Å². The number of nitrogens with zero attached hydrogens (tertiary/aromatic N) is 1. The van der Waals surface area contributed by atoms with Crippen molar-refractivity contribution in [1.82, 2.24) is 0 Å². The quantitative estimate of drug-likeness (QED) is 0.290. The molecule has 0 saturated heterocycles. The molecule has 29 heavy (non-hydrogen) atoms. The van der Waals surface area contributed by atoms with Crippen LogP contribution in [0.3, 0.4) is 0 Å². The second-order valence-electron chi connectivity index (χ2n) is 6.06. The maximum Gasteiger partial charge on any atom is 0.338 e. The predicted octanol–water partition coefficient (Wildman–Crippen LogP) is 3.02. The number of hydrogen-bond acceptors (Lipinski definition) is 9. The topological polar surface area (TPSA) is 127 Å². The molecule has 0 saturated carbocycles. The first-order valence-corrected chi connectivity index (χ1v) is 8.76. The van der Waals surface area contributed by atoms with Gasteiger partial charge in [0, 0.05) is 5.56 Å². The van der Waals surface area contributed by atoms with Crippen LogP contribution in [0.4, 0.5) is 0 Å². The van der Waals surface area contributed by atoms with Gasteiger partial charge in [0.15, 0.2) is 11.5 Å². The number of carbonyl (C=O) groups is 1. The molecule has 10 nitrogen and oxygen atoms in total. The number of ether oxygens (including phenoxy) is 4. The Labute approximate surface area is 165 Å². The van der Waals surface area contributed by atoms with E-state index in [1.807, 2.05) is 0 Å². The van der Waals surface area contributed by atoms with Gasteiger partial charge in [0.05, 0.1) is 25.9 Å². The van der Waals surface area contributed by atoms with Crippen LogP contribution in [-0.4, -0.2) is 36.5 Å². The molecule has 0 aromatic heterocycles. The molecule has 1 aliphatic heterocycles. The molecule has 2 aromatic carbocycles. The molecule has 0 aliphatic carbocycles. The lowest BCUT2D eigenvalue weighted by molar-refractivity contribution is -0.757. The standard InChI is InChI=1S/C19H19NO9/c1-25-14-6-4-12(5-7-14)19-28-16-11-13(10-15(21)17(16)29-19)18(22)26-8-2-3-9-27-20(23)24/h4-7,10-11,19,21H,2-3,8-9H2,1H3. The summed E-state index contributed by atoms with van der Waals surface area (Å²) in [6.45, 7) is -0.00824. The second kappa shape index (κ2) is 9.00. The Balaban J connectivity index is 1.58. The largest absolute Gasteiger partial charge is 0.504 e. The number of methoxy groups -OCH3 is 1. The first kappa shape index (κ1) is 20.1. The van der Waals surface area contributed by atoms with Gasteiger partial charge in [-0.2, -0.15) is 0 Å². The van der Waals surface area contributed by atoms with E-state index in [1.54, 1.807) is 31.4 Å². The van der Waals surface area contributed by atoms with Gasteiger partial charge in [0.1, 0.15) is 5.75 Å². The van der Waals surface area contributed by atoms with Crippen molar-refractivity contribution in [3.8, 4) is 23.0 Å². The molecule has 0 amide bonds. The number of unbranched alkanes of at least 4 members (excludes halogenated alkanes) is 1. The van der Waals surface area contributed by atoms with Crippen molar-refractivity contribution >= 4 is 5.97 Å². The van der Waals surface area contributed by atoms with Gasteiger partial charge < -0.3 is 28.9 Å². The van der Waals surface area contributed by atoms with Crippen molar-refractivity contribution in [2.24, 2.45) is 0 Å². The van der Waals surface area contributed by atoms with E-state index in [2.05, 4.69) is 4.84 Å². The summed E-state index contributed by atoms with van der Waals surface area (Å²) in [5.74, 6) is 0.137. The van der Waals surface area contributed by atoms with E-state index in [1.165, 1.54) is 12.1 Å². The van der Waals surface area contributed by atoms with Gasteiger partial charge in [-0.3, -0.25) is 0 Å². The Bertz CT molecular complexity index is 882. The van der Waals surface area contributed by atoms with Gasteiger partial charge in [0.2, 0.25) is 5.75 Å². The molecule has 1 N–H and O–H groups in total.